The Labute approximate surface area is 548 Å². The maximum Gasteiger partial charge on any atom is 0.329 e. The van der Waals surface area contributed by atoms with Crippen molar-refractivity contribution in [2.75, 3.05) is 68.5 Å². The molecule has 528 valence electrons. The van der Waals surface area contributed by atoms with E-state index in [0.29, 0.717) is 25.7 Å². The van der Waals surface area contributed by atoms with Crippen molar-refractivity contribution in [3.63, 3.8) is 0 Å². The minimum atomic E-state index is -1.90. The number of piperidine rings is 1. The lowest BCUT2D eigenvalue weighted by Crippen LogP contribution is -2.68. The molecule has 7 N–H and O–H groups in total. The zero-order chi connectivity index (χ0) is 70.6. The topological polar surface area (TPSA) is 328 Å². The second-order valence-electron chi connectivity index (χ2n) is 28.3. The molecule has 0 spiro atoms. The summed E-state index contributed by atoms with van der Waals surface area (Å²) in [6.45, 7) is 26.1. The molecule has 14 unspecified atom stereocenters. The van der Waals surface area contributed by atoms with E-state index in [1.165, 1.54) is 68.0 Å². The van der Waals surface area contributed by atoms with Crippen LogP contribution in [0.25, 0.3) is 0 Å². The summed E-state index contributed by atoms with van der Waals surface area (Å²) in [7, 11) is 8.03. The van der Waals surface area contributed by atoms with Gasteiger partial charge < -0.3 is 65.4 Å². The summed E-state index contributed by atoms with van der Waals surface area (Å²) in [6, 6.07) is -11.2. The third kappa shape index (κ3) is 23.3. The lowest BCUT2D eigenvalue weighted by atomic mass is 9.93. The van der Waals surface area contributed by atoms with Crippen molar-refractivity contribution >= 4 is 65.4 Å². The molecule has 26 heteroatoms. The lowest BCUT2D eigenvalue weighted by Gasteiger charge is -2.43. The molecule has 2 aliphatic heterocycles. The van der Waals surface area contributed by atoms with E-state index in [1.807, 2.05) is 62.3 Å². The number of hydrogen-bond donors (Lipinski definition) is 7. The van der Waals surface area contributed by atoms with Crippen molar-refractivity contribution in [2.45, 2.75) is 253 Å². The molecule has 92 heavy (non-hydrogen) atoms. The largest absolute Gasteiger partial charge is 0.450 e. The van der Waals surface area contributed by atoms with Gasteiger partial charge in [-0.25, -0.2) is 4.79 Å². The fourth-order valence-corrected chi connectivity index (χ4v) is 12.3. The van der Waals surface area contributed by atoms with E-state index in [0.717, 1.165) is 50.3 Å². The SMILES string of the molecule is CCCC1C(=O)NC(C)C(=O)OC(C(C)C)C(=O)N(C)C(CC(C)C)C(=O)NC(CC(C)C)C(=O)N(C)C(C(C)O)C(=O)N(C)C(CC(C)CCN2CCCCC2CO)C(=O)NC(C(C)O)C(=O)N(C)CC(=O)N(C)C(C=O)(CC(C)C)NC(CC(C)C)C(=O)N1C. The van der Waals surface area contributed by atoms with Crippen LogP contribution < -0.4 is 21.3 Å². The molecular weight excluding hydrogens is 1190 g/mol. The van der Waals surface area contributed by atoms with Crippen molar-refractivity contribution in [3.8, 4) is 0 Å². The van der Waals surface area contributed by atoms with Crippen LogP contribution in [0.2, 0.25) is 0 Å². The van der Waals surface area contributed by atoms with Crippen LogP contribution in [0.5, 0.6) is 0 Å². The number of esters is 1. The van der Waals surface area contributed by atoms with Crippen molar-refractivity contribution < 1.29 is 72.8 Å². The van der Waals surface area contributed by atoms with Crippen LogP contribution in [0.3, 0.4) is 0 Å². The Kier molecular flexibility index (Phi) is 33.9. The first-order chi connectivity index (χ1) is 42.7. The number of nitrogens with one attached hydrogen (secondary N) is 4. The minimum absolute atomic E-state index is 0.0275. The third-order valence-electron chi connectivity index (χ3n) is 17.8. The Morgan fingerprint density at radius 2 is 1.13 bits per heavy atom. The summed E-state index contributed by atoms with van der Waals surface area (Å²) in [6.07, 6.45) is -0.223. The van der Waals surface area contributed by atoms with Crippen LogP contribution in [0, 0.1) is 35.5 Å². The molecule has 2 heterocycles. The van der Waals surface area contributed by atoms with Gasteiger partial charge in [-0.2, -0.15) is 0 Å². The van der Waals surface area contributed by atoms with Gasteiger partial charge in [0, 0.05) is 48.3 Å². The molecule has 2 fully saturated rings. The molecule has 0 aliphatic carbocycles. The predicted molar refractivity (Wildman–Crippen MR) is 349 cm³/mol. The Balaban J connectivity index is 3.05. The zero-order valence-electron chi connectivity index (χ0n) is 59.4. The Bertz CT molecular complexity index is 2460. The van der Waals surface area contributed by atoms with Gasteiger partial charge in [-0.05, 0) is 127 Å². The second-order valence-corrected chi connectivity index (χ2v) is 28.3. The van der Waals surface area contributed by atoms with Crippen molar-refractivity contribution in [1.82, 2.24) is 55.6 Å². The fourth-order valence-electron chi connectivity index (χ4n) is 12.3. The second kappa shape index (κ2) is 37.9. The zero-order valence-corrected chi connectivity index (χ0v) is 59.4. The molecule has 9 amide bonds. The molecule has 14 atom stereocenters. The Hall–Kier alpha value is -5.83. The van der Waals surface area contributed by atoms with E-state index in [2.05, 4.69) is 26.2 Å². The van der Waals surface area contributed by atoms with Gasteiger partial charge in [0.2, 0.25) is 47.3 Å². The van der Waals surface area contributed by atoms with E-state index in [1.54, 1.807) is 20.8 Å². The molecule has 0 aromatic rings. The Morgan fingerprint density at radius 1 is 0.609 bits per heavy atom. The number of nitrogens with zero attached hydrogens (tertiary/aromatic N) is 7. The number of cyclic esters (lactones) is 1. The van der Waals surface area contributed by atoms with E-state index in [-0.39, 0.29) is 80.8 Å². The number of ether oxygens (including phenoxy) is 1. The van der Waals surface area contributed by atoms with Gasteiger partial charge in [0.15, 0.2) is 18.1 Å². The first kappa shape index (κ1) is 82.3. The van der Waals surface area contributed by atoms with Gasteiger partial charge in [0.25, 0.3) is 5.91 Å². The monoisotopic (exact) mass is 1310 g/mol. The highest BCUT2D eigenvalue weighted by Gasteiger charge is 2.46. The number of aliphatic hydroxyl groups excluding tert-OH is 3. The first-order valence-corrected chi connectivity index (χ1v) is 33.4. The third-order valence-corrected chi connectivity index (χ3v) is 17.8. The van der Waals surface area contributed by atoms with E-state index < -0.39 is 144 Å². The van der Waals surface area contributed by atoms with Crippen LogP contribution in [-0.2, 0) is 57.5 Å². The smallest absolute Gasteiger partial charge is 0.329 e. The highest BCUT2D eigenvalue weighted by atomic mass is 16.6. The lowest BCUT2D eigenvalue weighted by molar-refractivity contribution is -0.166. The summed E-state index contributed by atoms with van der Waals surface area (Å²) < 4.78 is 5.89. The number of carbonyl (C=O) groups excluding carboxylic acids is 11. The number of aliphatic hydroxyl groups is 3. The van der Waals surface area contributed by atoms with E-state index >= 15 is 9.59 Å². The van der Waals surface area contributed by atoms with Crippen molar-refractivity contribution in [2.24, 2.45) is 35.5 Å². The number of carbonyl (C=O) groups is 11. The van der Waals surface area contributed by atoms with Gasteiger partial charge in [-0.15, -0.1) is 0 Å². The van der Waals surface area contributed by atoms with E-state index in [4.69, 9.17) is 4.74 Å². The standard InChI is InChI=1S/C66H119N11O15/c1-22-25-50-57(83)67-44(13)65(91)92-56(42(10)11)64(90)74(19)51(32-40(6)7)58(84)68-48(30-38(2)3)60(86)75(20)55(46(15)81)63(89)73(18)52(33-43(12)27-29-77-28-24-23-26-47(77)36-78)59(85)69-54(45(14)80)62(88)71(16)35-53(82)76(21)66(37-79,34-41(8)9)70-49(31-39(4)5)61(87)72(50)17/h37-52,54-56,70,78,80-81H,22-36H2,1-21H3,(H,67,83)(H,68,84)(H,69,85). The van der Waals surface area contributed by atoms with Crippen LogP contribution >= 0.6 is 0 Å². The normalized spacial score (nSPS) is 28.6. The first-order valence-electron chi connectivity index (χ1n) is 33.4. The summed E-state index contributed by atoms with van der Waals surface area (Å²) in [5, 5.41) is 44.4. The molecule has 2 saturated heterocycles. The molecule has 26 nitrogen and oxygen atoms in total. The molecule has 0 aromatic carbocycles. The minimum Gasteiger partial charge on any atom is -0.450 e. The summed E-state index contributed by atoms with van der Waals surface area (Å²) in [5.74, 6) is -10.0. The number of likely N-dealkylation sites (N-methyl/N-ethyl adjacent to an activating group) is 6. The van der Waals surface area contributed by atoms with Gasteiger partial charge in [0.1, 0.15) is 42.3 Å². The van der Waals surface area contributed by atoms with Gasteiger partial charge in [0.05, 0.1) is 31.4 Å². The molecule has 2 rings (SSSR count). The van der Waals surface area contributed by atoms with Gasteiger partial charge in [-0.3, -0.25) is 58.2 Å². The quantitative estimate of drug-likeness (QED) is 0.0678. The maximum absolute atomic E-state index is 15.2. The Morgan fingerprint density at radius 3 is 1.64 bits per heavy atom. The number of amides is 9. The van der Waals surface area contributed by atoms with Crippen LogP contribution in [0.1, 0.15) is 174 Å². The van der Waals surface area contributed by atoms with Gasteiger partial charge >= 0.3 is 5.97 Å². The highest BCUT2D eigenvalue weighted by Crippen LogP contribution is 2.27. The van der Waals surface area contributed by atoms with Crippen molar-refractivity contribution in [3.05, 3.63) is 0 Å². The van der Waals surface area contributed by atoms with Crippen LogP contribution in [-0.4, -0.2) is 262 Å². The molecule has 0 saturated carbocycles. The fraction of sp³-hybridized carbons (Fsp3) is 0.833. The number of rotatable bonds is 20. The molecule has 0 bridgehead atoms. The molecule has 2 aliphatic rings. The summed E-state index contributed by atoms with van der Waals surface area (Å²) in [4.78, 5) is 170. The van der Waals surface area contributed by atoms with Crippen LogP contribution in [0.4, 0.5) is 0 Å². The number of aldehydes is 1. The average molecular weight is 1310 g/mol. The van der Waals surface area contributed by atoms with E-state index in [9.17, 15) is 58.5 Å². The predicted octanol–water partition coefficient (Wildman–Crippen LogP) is 2.13. The van der Waals surface area contributed by atoms with Crippen molar-refractivity contribution in [1.29, 1.82) is 0 Å². The number of likely N-dealkylation sites (tertiary alicyclic amines) is 1. The van der Waals surface area contributed by atoms with Crippen LogP contribution in [0.15, 0.2) is 0 Å². The average Bonchev–Trinajstić information content (AvgIpc) is 0.826. The molecule has 0 radical (unpaired) electrons. The maximum atomic E-state index is 15.2. The highest BCUT2D eigenvalue weighted by molar-refractivity contribution is 5.98. The molecular formula is C66H119N11O15. The summed E-state index contributed by atoms with van der Waals surface area (Å²) in [5.41, 5.74) is -1.90. The molecule has 0 aromatic heterocycles. The number of hydrogen-bond acceptors (Lipinski definition) is 17. The summed E-state index contributed by atoms with van der Waals surface area (Å²) >= 11 is 0. The van der Waals surface area contributed by atoms with Gasteiger partial charge in [-0.1, -0.05) is 95.9 Å².